The van der Waals surface area contributed by atoms with Crippen LogP contribution >= 0.6 is 0 Å². The van der Waals surface area contributed by atoms with E-state index in [9.17, 15) is 0 Å². The molecule has 0 fully saturated rings. The first-order valence-corrected chi connectivity index (χ1v) is 8.16. The Balaban J connectivity index is 1.91. The zero-order chi connectivity index (χ0) is 15.8. The number of nitrogens with zero attached hydrogens (tertiary/aromatic N) is 2. The molecule has 0 radical (unpaired) electrons. The van der Waals surface area contributed by atoms with Crippen LogP contribution in [0.15, 0.2) is 66.7 Å². The van der Waals surface area contributed by atoms with Gasteiger partial charge >= 0.3 is 0 Å². The predicted octanol–water partition coefficient (Wildman–Crippen LogP) is 5.36. The molecule has 0 atom stereocenters. The van der Waals surface area contributed by atoms with Crippen LogP contribution in [0, 0.1) is 0 Å². The average Bonchev–Trinajstić information content (AvgIpc) is 2.94. The van der Waals surface area contributed by atoms with Crippen molar-refractivity contribution in [2.24, 2.45) is 0 Å². The minimum atomic E-state index is 0.400. The molecular weight excluding hydrogens is 280 g/mol. The quantitative estimate of drug-likeness (QED) is 0.498. The highest BCUT2D eigenvalue weighted by Gasteiger charge is 2.14. The van der Waals surface area contributed by atoms with Gasteiger partial charge in [0.15, 0.2) is 0 Å². The second-order valence-electron chi connectivity index (χ2n) is 6.34. The summed E-state index contributed by atoms with van der Waals surface area (Å²) in [4.78, 5) is 4.85. The number of hydrogen-bond acceptors (Lipinski definition) is 1. The molecule has 114 valence electrons. The predicted molar refractivity (Wildman–Crippen MR) is 96.9 cm³/mol. The standard InChI is InChI=1S/C21H20N2/c1-15(2)21-22-19-12-5-6-13-20(19)23(21)14-17-10-7-9-16-8-3-4-11-18(16)17/h3-13,15H,14H2,1-2H3. The van der Waals surface area contributed by atoms with Crippen molar-refractivity contribution in [2.75, 3.05) is 0 Å². The van der Waals surface area contributed by atoms with Gasteiger partial charge in [-0.2, -0.15) is 0 Å². The van der Waals surface area contributed by atoms with Gasteiger partial charge in [-0.3, -0.25) is 0 Å². The van der Waals surface area contributed by atoms with E-state index in [2.05, 4.69) is 85.1 Å². The van der Waals surface area contributed by atoms with E-state index in [1.807, 2.05) is 0 Å². The van der Waals surface area contributed by atoms with Gasteiger partial charge in [0.05, 0.1) is 11.0 Å². The van der Waals surface area contributed by atoms with Gasteiger partial charge in [0.1, 0.15) is 5.82 Å². The first-order chi connectivity index (χ1) is 11.2. The molecule has 0 saturated carbocycles. The van der Waals surface area contributed by atoms with Crippen LogP contribution in [0.5, 0.6) is 0 Å². The Labute approximate surface area is 136 Å². The molecule has 0 N–H and O–H groups in total. The normalized spacial score (nSPS) is 11.6. The van der Waals surface area contributed by atoms with Crippen LogP contribution in [0.1, 0.15) is 31.2 Å². The van der Waals surface area contributed by atoms with Gasteiger partial charge in [0.2, 0.25) is 0 Å². The third-order valence-corrected chi connectivity index (χ3v) is 4.41. The number of hydrogen-bond donors (Lipinski definition) is 0. The van der Waals surface area contributed by atoms with Gasteiger partial charge in [-0.25, -0.2) is 4.98 Å². The molecule has 4 aromatic rings. The summed E-state index contributed by atoms with van der Waals surface area (Å²) in [6, 6.07) is 23.5. The van der Waals surface area contributed by atoms with Crippen LogP contribution in [0.3, 0.4) is 0 Å². The Morgan fingerprint density at radius 3 is 2.48 bits per heavy atom. The molecule has 0 aliphatic carbocycles. The van der Waals surface area contributed by atoms with Gasteiger partial charge in [-0.1, -0.05) is 68.4 Å². The van der Waals surface area contributed by atoms with Crippen LogP contribution < -0.4 is 0 Å². The largest absolute Gasteiger partial charge is 0.323 e. The highest BCUT2D eigenvalue weighted by Crippen LogP contribution is 2.25. The first kappa shape index (κ1) is 14.0. The minimum absolute atomic E-state index is 0.400. The fourth-order valence-electron chi connectivity index (χ4n) is 3.30. The van der Waals surface area contributed by atoms with E-state index >= 15 is 0 Å². The molecular formula is C21H20N2. The molecule has 4 rings (SSSR count). The van der Waals surface area contributed by atoms with Crippen LogP contribution in [-0.2, 0) is 6.54 Å². The number of imidazole rings is 1. The number of benzene rings is 3. The van der Waals surface area contributed by atoms with Crippen LogP contribution in [-0.4, -0.2) is 9.55 Å². The van der Waals surface area contributed by atoms with Crippen molar-refractivity contribution < 1.29 is 0 Å². The molecule has 2 heteroatoms. The van der Waals surface area contributed by atoms with Crippen LogP contribution in [0.4, 0.5) is 0 Å². The summed E-state index contributed by atoms with van der Waals surface area (Å²) in [5.74, 6) is 1.55. The Bertz CT molecular complexity index is 974. The molecule has 1 aromatic heterocycles. The highest BCUT2D eigenvalue weighted by atomic mass is 15.1. The van der Waals surface area contributed by atoms with Gasteiger partial charge in [0, 0.05) is 12.5 Å². The Morgan fingerprint density at radius 1 is 0.870 bits per heavy atom. The summed E-state index contributed by atoms with van der Waals surface area (Å²) in [6.07, 6.45) is 0. The van der Waals surface area contributed by atoms with Gasteiger partial charge in [-0.05, 0) is 28.5 Å². The van der Waals surface area contributed by atoms with Crippen molar-refractivity contribution in [3.05, 3.63) is 78.1 Å². The molecule has 0 amide bonds. The minimum Gasteiger partial charge on any atom is -0.323 e. The lowest BCUT2D eigenvalue weighted by Crippen LogP contribution is -2.07. The topological polar surface area (TPSA) is 17.8 Å². The maximum Gasteiger partial charge on any atom is 0.112 e. The Kier molecular flexibility index (Phi) is 3.38. The summed E-state index contributed by atoms with van der Waals surface area (Å²) < 4.78 is 2.36. The molecule has 0 spiro atoms. The maximum absolute atomic E-state index is 4.85. The second kappa shape index (κ2) is 5.54. The smallest absolute Gasteiger partial charge is 0.112 e. The number of para-hydroxylation sites is 2. The molecule has 23 heavy (non-hydrogen) atoms. The zero-order valence-corrected chi connectivity index (χ0v) is 13.5. The molecule has 0 aliphatic rings. The SMILES string of the molecule is CC(C)c1nc2ccccc2n1Cc1cccc2ccccc12. The zero-order valence-electron chi connectivity index (χ0n) is 13.5. The van der Waals surface area contributed by atoms with E-state index < -0.39 is 0 Å². The first-order valence-electron chi connectivity index (χ1n) is 8.16. The number of rotatable bonds is 3. The summed E-state index contributed by atoms with van der Waals surface area (Å²) in [5.41, 5.74) is 3.63. The fourth-order valence-corrected chi connectivity index (χ4v) is 3.30. The fraction of sp³-hybridized carbons (Fsp3) is 0.190. The summed E-state index contributed by atoms with van der Waals surface area (Å²) in [5, 5.41) is 2.61. The van der Waals surface area contributed by atoms with E-state index in [1.165, 1.54) is 21.9 Å². The number of aromatic nitrogens is 2. The lowest BCUT2D eigenvalue weighted by molar-refractivity contribution is 0.685. The van der Waals surface area contributed by atoms with Crippen molar-refractivity contribution in [2.45, 2.75) is 26.3 Å². The van der Waals surface area contributed by atoms with Crippen molar-refractivity contribution in [1.29, 1.82) is 0 Å². The molecule has 1 heterocycles. The van der Waals surface area contributed by atoms with E-state index in [-0.39, 0.29) is 0 Å². The van der Waals surface area contributed by atoms with E-state index in [4.69, 9.17) is 4.98 Å². The average molecular weight is 300 g/mol. The molecule has 0 unspecified atom stereocenters. The van der Waals surface area contributed by atoms with Gasteiger partial charge in [0.25, 0.3) is 0 Å². The number of fused-ring (bicyclic) bond motifs is 2. The molecule has 0 saturated heterocycles. The third kappa shape index (κ3) is 2.40. The third-order valence-electron chi connectivity index (χ3n) is 4.41. The summed E-state index contributed by atoms with van der Waals surface area (Å²) in [7, 11) is 0. The van der Waals surface area contributed by atoms with Crippen molar-refractivity contribution in [3.63, 3.8) is 0 Å². The molecule has 0 bridgehead atoms. The molecule has 2 nitrogen and oxygen atoms in total. The summed E-state index contributed by atoms with van der Waals surface area (Å²) >= 11 is 0. The maximum atomic E-state index is 4.85. The second-order valence-corrected chi connectivity index (χ2v) is 6.34. The monoisotopic (exact) mass is 300 g/mol. The van der Waals surface area contributed by atoms with Gasteiger partial charge in [-0.15, -0.1) is 0 Å². The van der Waals surface area contributed by atoms with Gasteiger partial charge < -0.3 is 4.57 Å². The Hall–Kier alpha value is -2.61. The highest BCUT2D eigenvalue weighted by molar-refractivity contribution is 5.86. The van der Waals surface area contributed by atoms with E-state index in [0.29, 0.717) is 5.92 Å². The molecule has 3 aromatic carbocycles. The van der Waals surface area contributed by atoms with Crippen LogP contribution in [0.2, 0.25) is 0 Å². The van der Waals surface area contributed by atoms with Crippen LogP contribution in [0.25, 0.3) is 21.8 Å². The van der Waals surface area contributed by atoms with E-state index in [0.717, 1.165) is 17.9 Å². The lowest BCUT2D eigenvalue weighted by Gasteiger charge is -2.13. The molecule has 0 aliphatic heterocycles. The lowest BCUT2D eigenvalue weighted by atomic mass is 10.0. The van der Waals surface area contributed by atoms with E-state index in [1.54, 1.807) is 0 Å². The summed E-state index contributed by atoms with van der Waals surface area (Å²) in [6.45, 7) is 5.27. The van der Waals surface area contributed by atoms with Crippen molar-refractivity contribution in [3.8, 4) is 0 Å². The van der Waals surface area contributed by atoms with Crippen molar-refractivity contribution >= 4 is 21.8 Å². The Morgan fingerprint density at radius 2 is 1.61 bits per heavy atom. The van der Waals surface area contributed by atoms with Crippen molar-refractivity contribution in [1.82, 2.24) is 9.55 Å².